The zero-order valence-electron chi connectivity index (χ0n) is 10.7. The molecule has 3 aromatic rings. The molecule has 110 valence electrons. The zero-order valence-corrected chi connectivity index (χ0v) is 12.3. The molecule has 1 heterocycles. The van der Waals surface area contributed by atoms with Crippen LogP contribution in [0.1, 0.15) is 14.4 Å². The van der Waals surface area contributed by atoms with Crippen LogP contribution in [0.15, 0.2) is 48.5 Å². The van der Waals surface area contributed by atoms with Crippen LogP contribution in [0.25, 0.3) is 20.8 Å². The Balaban J connectivity index is 0.000000397. The first-order chi connectivity index (χ1) is 9.56. The van der Waals surface area contributed by atoms with E-state index in [0.29, 0.717) is 0 Å². The summed E-state index contributed by atoms with van der Waals surface area (Å²) in [5, 5.41) is 9.21. The van der Waals surface area contributed by atoms with Gasteiger partial charge in [-0.2, -0.15) is 0 Å². The summed E-state index contributed by atoms with van der Waals surface area (Å²) in [7, 11) is 0. The molecule has 0 bridgehead atoms. The van der Waals surface area contributed by atoms with Gasteiger partial charge in [-0.3, -0.25) is 4.79 Å². The molecule has 1 N–H and O–H groups in total. The minimum Gasteiger partial charge on any atom is -0.481 e. The molecule has 0 radical (unpaired) electrons. The summed E-state index contributed by atoms with van der Waals surface area (Å²) in [5.74, 6) is -0.833. The molecule has 1 aromatic heterocycles. The fourth-order valence-electron chi connectivity index (χ4n) is 1.59. The zero-order chi connectivity index (χ0) is 14.5. The van der Waals surface area contributed by atoms with Gasteiger partial charge in [-0.25, -0.2) is 4.98 Å². The lowest BCUT2D eigenvalue weighted by molar-refractivity contribution is -0.134. The molecule has 2 aromatic carbocycles. The molecule has 0 atom stereocenters. The van der Waals surface area contributed by atoms with Crippen LogP contribution in [-0.4, -0.2) is 16.1 Å². The largest absolute Gasteiger partial charge is 0.481 e. The highest BCUT2D eigenvalue weighted by Crippen LogP contribution is 2.30. The van der Waals surface area contributed by atoms with Gasteiger partial charge in [0.2, 0.25) is 0 Å². The number of carboxylic acid groups (broad SMARTS) is 1. The van der Waals surface area contributed by atoms with Gasteiger partial charge >= 0.3 is 0 Å². The van der Waals surface area contributed by atoms with Crippen LogP contribution in [0.2, 0.25) is 5.02 Å². The van der Waals surface area contributed by atoms with Crippen molar-refractivity contribution < 1.29 is 9.90 Å². The van der Waals surface area contributed by atoms with Gasteiger partial charge in [0.15, 0.2) is 0 Å². The molecule has 0 aliphatic rings. The highest BCUT2D eigenvalue weighted by Gasteiger charge is 2.04. The monoisotopic (exact) mass is 321 g/mol. The van der Waals surface area contributed by atoms with Crippen molar-refractivity contribution >= 4 is 39.1 Å². The summed E-state index contributed by atoms with van der Waals surface area (Å²) in [5.41, 5.74) is 2.17. The number of carboxylic acids is 1. The Hall–Kier alpha value is -1.91. The summed E-state index contributed by atoms with van der Waals surface area (Å²) in [6, 6.07) is 15.9. The lowest BCUT2D eigenvalue weighted by atomic mass is 10.2. The number of carbonyl (C=O) groups is 1. The van der Waals surface area contributed by atoms with E-state index >= 15 is 0 Å². The number of hydrogen-bond donors (Lipinski definition) is 1. The Morgan fingerprint density at radius 3 is 2.29 bits per heavy atom. The molecule has 0 amide bonds. The van der Waals surface area contributed by atoms with Gasteiger partial charge in [-0.1, -0.05) is 43.3 Å². The fourth-order valence-corrected chi connectivity index (χ4v) is 2.69. The van der Waals surface area contributed by atoms with Crippen molar-refractivity contribution in [3.8, 4) is 10.6 Å². The highest BCUT2D eigenvalue weighted by molar-refractivity contribution is 7.21. The average Bonchev–Trinajstić information content (AvgIpc) is 2.82. The number of benzene rings is 2. The van der Waals surface area contributed by atoms with Crippen LogP contribution >= 0.6 is 22.9 Å². The van der Waals surface area contributed by atoms with Gasteiger partial charge in [0.1, 0.15) is 5.01 Å². The van der Waals surface area contributed by atoms with Gasteiger partial charge < -0.3 is 5.11 Å². The van der Waals surface area contributed by atoms with Crippen LogP contribution < -0.4 is 0 Å². The second-order valence-electron chi connectivity index (χ2n) is 4.01. The highest BCUT2D eigenvalue weighted by atomic mass is 35.5. The third-order valence-corrected chi connectivity index (χ3v) is 3.72. The number of thiazole rings is 1. The normalized spacial score (nSPS) is 9.43. The van der Waals surface area contributed by atoms with E-state index in [2.05, 4.69) is 11.1 Å². The minimum atomic E-state index is -0.833. The first kappa shape index (κ1) is 17.1. The number of aliphatic carboxylic acids is 1. The SMILES string of the molecule is C.CC(=O)O.Clc1ccc(-c2nc3ccccc3s2)cc1. The molecule has 0 unspecified atom stereocenters. The third-order valence-electron chi connectivity index (χ3n) is 2.39. The van der Waals surface area contributed by atoms with Crippen molar-refractivity contribution in [2.45, 2.75) is 14.4 Å². The Kier molecular flexibility index (Phi) is 6.34. The molecule has 5 heteroatoms. The maximum atomic E-state index is 9.00. The van der Waals surface area contributed by atoms with Crippen molar-refractivity contribution in [2.24, 2.45) is 0 Å². The standard InChI is InChI=1S/C13H8ClNS.C2H4O2.CH4/c14-10-7-5-9(6-8-10)13-15-11-3-1-2-4-12(11)16-13;1-2(3)4;/h1-8H;1H3,(H,3,4);1H4. The number of rotatable bonds is 1. The molecule has 0 aliphatic heterocycles. The quantitative estimate of drug-likeness (QED) is 0.657. The number of aromatic nitrogens is 1. The van der Waals surface area contributed by atoms with E-state index in [-0.39, 0.29) is 7.43 Å². The van der Waals surface area contributed by atoms with Gasteiger partial charge in [-0.05, 0) is 24.3 Å². The maximum Gasteiger partial charge on any atom is 0.300 e. The second kappa shape index (κ2) is 7.76. The summed E-state index contributed by atoms with van der Waals surface area (Å²) < 4.78 is 1.22. The first-order valence-electron chi connectivity index (χ1n) is 5.87. The molecule has 0 aliphatic carbocycles. The molecule has 0 saturated heterocycles. The second-order valence-corrected chi connectivity index (χ2v) is 5.48. The van der Waals surface area contributed by atoms with Crippen molar-refractivity contribution in [3.63, 3.8) is 0 Å². The van der Waals surface area contributed by atoms with Crippen molar-refractivity contribution in [3.05, 3.63) is 53.6 Å². The van der Waals surface area contributed by atoms with Gasteiger partial charge in [0.25, 0.3) is 5.97 Å². The Morgan fingerprint density at radius 1 is 1.14 bits per heavy atom. The molecule has 3 nitrogen and oxygen atoms in total. The Morgan fingerprint density at radius 2 is 1.71 bits per heavy atom. The van der Waals surface area contributed by atoms with Crippen LogP contribution in [-0.2, 0) is 4.79 Å². The van der Waals surface area contributed by atoms with Gasteiger partial charge in [-0.15, -0.1) is 11.3 Å². The van der Waals surface area contributed by atoms with Crippen LogP contribution in [0.3, 0.4) is 0 Å². The summed E-state index contributed by atoms with van der Waals surface area (Å²) in [4.78, 5) is 13.6. The topological polar surface area (TPSA) is 50.2 Å². The van der Waals surface area contributed by atoms with E-state index in [1.54, 1.807) is 11.3 Å². The molecule has 0 fully saturated rings. The molecule has 0 saturated carbocycles. The predicted octanol–water partition coefficient (Wildman–Crippen LogP) is 5.34. The van der Waals surface area contributed by atoms with Crippen molar-refractivity contribution in [2.75, 3.05) is 0 Å². The first-order valence-corrected chi connectivity index (χ1v) is 7.07. The smallest absolute Gasteiger partial charge is 0.300 e. The van der Waals surface area contributed by atoms with E-state index in [1.165, 1.54) is 4.70 Å². The number of hydrogen-bond acceptors (Lipinski definition) is 3. The number of nitrogens with zero attached hydrogens (tertiary/aromatic N) is 1. The van der Waals surface area contributed by atoms with Crippen LogP contribution in [0.5, 0.6) is 0 Å². The molecular formula is C16H16ClNO2S. The predicted molar refractivity (Wildman–Crippen MR) is 90.1 cm³/mol. The summed E-state index contributed by atoms with van der Waals surface area (Å²) in [6.07, 6.45) is 0. The fraction of sp³-hybridized carbons (Fsp3) is 0.125. The van der Waals surface area contributed by atoms with Gasteiger partial charge in [0, 0.05) is 17.5 Å². The van der Waals surface area contributed by atoms with E-state index < -0.39 is 5.97 Å². The van der Waals surface area contributed by atoms with Crippen molar-refractivity contribution in [1.82, 2.24) is 4.98 Å². The van der Waals surface area contributed by atoms with E-state index in [4.69, 9.17) is 21.5 Å². The number of halogens is 1. The lowest BCUT2D eigenvalue weighted by Crippen LogP contribution is -1.78. The number of fused-ring (bicyclic) bond motifs is 1. The summed E-state index contributed by atoms with van der Waals surface area (Å²) in [6.45, 7) is 1.08. The van der Waals surface area contributed by atoms with E-state index in [1.807, 2.05) is 42.5 Å². The summed E-state index contributed by atoms with van der Waals surface area (Å²) >= 11 is 7.56. The molecule has 0 spiro atoms. The molecular weight excluding hydrogens is 306 g/mol. The van der Waals surface area contributed by atoms with Crippen LogP contribution in [0.4, 0.5) is 0 Å². The maximum absolute atomic E-state index is 9.00. The molecule has 21 heavy (non-hydrogen) atoms. The third kappa shape index (κ3) is 4.85. The lowest BCUT2D eigenvalue weighted by Gasteiger charge is -1.94. The average molecular weight is 322 g/mol. The minimum absolute atomic E-state index is 0. The Bertz CT molecular complexity index is 685. The number of para-hydroxylation sites is 1. The molecule has 3 rings (SSSR count). The van der Waals surface area contributed by atoms with Gasteiger partial charge in [0.05, 0.1) is 10.2 Å². The van der Waals surface area contributed by atoms with Crippen LogP contribution in [0, 0.1) is 0 Å². The Labute approximate surface area is 132 Å². The van der Waals surface area contributed by atoms with E-state index in [9.17, 15) is 0 Å². The van der Waals surface area contributed by atoms with E-state index in [0.717, 1.165) is 28.0 Å². The van der Waals surface area contributed by atoms with Crippen molar-refractivity contribution in [1.29, 1.82) is 0 Å².